The van der Waals surface area contributed by atoms with Crippen LogP contribution in [0.2, 0.25) is 0 Å². The zero-order valence-corrected chi connectivity index (χ0v) is 18.3. The van der Waals surface area contributed by atoms with Crippen LogP contribution in [0.15, 0.2) is 24.3 Å². The van der Waals surface area contributed by atoms with E-state index in [-0.39, 0.29) is 43.4 Å². The summed E-state index contributed by atoms with van der Waals surface area (Å²) in [4.78, 5) is 28.4. The molecule has 164 valence electrons. The van der Waals surface area contributed by atoms with Crippen LogP contribution in [0.1, 0.15) is 12.8 Å². The topological polar surface area (TPSA) is 85.9 Å². The Morgan fingerprint density at radius 3 is 2.31 bits per heavy atom. The lowest BCUT2D eigenvalue weighted by molar-refractivity contribution is -0.138. The first-order chi connectivity index (χ1) is 13.2. The molecular weight excluding hydrogens is 417 g/mol. The molecule has 3 rings (SSSR count). The second kappa shape index (κ2) is 12.7. The number of ether oxygens (including phenoxy) is 1. The molecule has 29 heavy (non-hydrogen) atoms. The third-order valence-corrected chi connectivity index (χ3v) is 5.25. The van der Waals surface area contributed by atoms with Crippen molar-refractivity contribution in [3.05, 3.63) is 24.3 Å². The summed E-state index contributed by atoms with van der Waals surface area (Å²) in [5, 5.41) is 9.36. The minimum Gasteiger partial charge on any atom is -0.468 e. The third kappa shape index (κ3) is 7.22. The number of carbonyl (C=O) groups excluding carboxylic acids is 2. The molecule has 0 bridgehead atoms. The average molecular weight is 448 g/mol. The SMILES string of the molecule is COC(=O)CNc1ccccc1NC(=O)N1CCN(C2CCNCC2)CC1.Cl.Cl. The number of piperidine rings is 1. The maximum Gasteiger partial charge on any atom is 0.325 e. The van der Waals surface area contributed by atoms with Crippen LogP contribution in [0.25, 0.3) is 0 Å². The molecule has 0 unspecified atom stereocenters. The van der Waals surface area contributed by atoms with Crippen LogP contribution < -0.4 is 16.0 Å². The largest absolute Gasteiger partial charge is 0.468 e. The number of hydrogen-bond acceptors (Lipinski definition) is 6. The number of rotatable bonds is 5. The molecule has 1 aromatic carbocycles. The van der Waals surface area contributed by atoms with Crippen LogP contribution in [-0.4, -0.2) is 80.8 Å². The lowest BCUT2D eigenvalue weighted by Crippen LogP contribution is -2.54. The van der Waals surface area contributed by atoms with E-state index < -0.39 is 0 Å². The predicted molar refractivity (Wildman–Crippen MR) is 120 cm³/mol. The van der Waals surface area contributed by atoms with Crippen molar-refractivity contribution in [3.8, 4) is 0 Å². The predicted octanol–water partition coefficient (Wildman–Crippen LogP) is 2.02. The minimum absolute atomic E-state index is 0. The molecule has 2 heterocycles. The van der Waals surface area contributed by atoms with Crippen molar-refractivity contribution in [2.24, 2.45) is 0 Å². The number of amides is 2. The number of esters is 1. The van der Waals surface area contributed by atoms with E-state index in [1.54, 1.807) is 0 Å². The number of nitrogens with one attached hydrogen (secondary N) is 3. The van der Waals surface area contributed by atoms with Crippen molar-refractivity contribution >= 4 is 48.2 Å². The number of piperazine rings is 1. The molecule has 10 heteroatoms. The fraction of sp³-hybridized carbons (Fsp3) is 0.579. The molecule has 2 aliphatic rings. The second-order valence-corrected chi connectivity index (χ2v) is 6.91. The highest BCUT2D eigenvalue weighted by atomic mass is 35.5. The van der Waals surface area contributed by atoms with Gasteiger partial charge in [-0.1, -0.05) is 12.1 Å². The van der Waals surface area contributed by atoms with E-state index in [2.05, 4.69) is 25.6 Å². The number of methoxy groups -OCH3 is 1. The van der Waals surface area contributed by atoms with Crippen LogP contribution in [0.3, 0.4) is 0 Å². The molecule has 1 aromatic rings. The Balaban J connectivity index is 0.00000210. The Morgan fingerprint density at radius 2 is 1.69 bits per heavy atom. The van der Waals surface area contributed by atoms with Crippen molar-refractivity contribution in [2.75, 3.05) is 63.6 Å². The molecule has 0 spiro atoms. The summed E-state index contributed by atoms with van der Waals surface area (Å²) in [6, 6.07) is 7.89. The third-order valence-electron chi connectivity index (χ3n) is 5.25. The van der Waals surface area contributed by atoms with Gasteiger partial charge in [0.25, 0.3) is 0 Å². The maximum absolute atomic E-state index is 12.7. The molecule has 0 radical (unpaired) electrons. The van der Waals surface area contributed by atoms with Gasteiger partial charge < -0.3 is 25.6 Å². The van der Waals surface area contributed by atoms with Crippen molar-refractivity contribution in [3.63, 3.8) is 0 Å². The lowest BCUT2D eigenvalue weighted by atomic mass is 10.0. The Labute approximate surface area is 184 Å². The summed E-state index contributed by atoms with van der Waals surface area (Å²) in [6.07, 6.45) is 2.37. The van der Waals surface area contributed by atoms with Crippen molar-refractivity contribution in [1.29, 1.82) is 0 Å². The number of halogens is 2. The summed E-state index contributed by atoms with van der Waals surface area (Å²) >= 11 is 0. The molecule has 3 N–H and O–H groups in total. The van der Waals surface area contributed by atoms with E-state index in [1.807, 2.05) is 29.2 Å². The standard InChI is InChI=1S/C19H29N5O3.2ClH/c1-27-18(25)14-21-16-4-2-3-5-17(16)22-19(26)24-12-10-23(11-13-24)15-6-8-20-9-7-15;;/h2-5,15,20-21H,6-14H2,1H3,(H,22,26);2*1H. The normalized spacial score (nSPS) is 17.5. The number of anilines is 2. The fourth-order valence-electron chi connectivity index (χ4n) is 3.64. The van der Waals surface area contributed by atoms with E-state index >= 15 is 0 Å². The van der Waals surface area contributed by atoms with Gasteiger partial charge in [-0.25, -0.2) is 4.79 Å². The number of carbonyl (C=O) groups is 2. The van der Waals surface area contributed by atoms with Gasteiger partial charge in [-0.3, -0.25) is 9.69 Å². The minimum atomic E-state index is -0.356. The zero-order valence-electron chi connectivity index (χ0n) is 16.7. The highest BCUT2D eigenvalue weighted by Gasteiger charge is 2.27. The molecule has 8 nitrogen and oxygen atoms in total. The van der Waals surface area contributed by atoms with Crippen LogP contribution in [0, 0.1) is 0 Å². The maximum atomic E-state index is 12.7. The first-order valence-corrected chi connectivity index (χ1v) is 9.58. The van der Waals surface area contributed by atoms with Gasteiger partial charge in [0.1, 0.15) is 6.54 Å². The number of urea groups is 1. The molecule has 2 fully saturated rings. The highest BCUT2D eigenvalue weighted by Crippen LogP contribution is 2.22. The van der Waals surface area contributed by atoms with Gasteiger partial charge in [-0.15, -0.1) is 24.8 Å². The van der Waals surface area contributed by atoms with Gasteiger partial charge in [0.15, 0.2) is 0 Å². The molecule has 2 saturated heterocycles. The molecule has 2 amide bonds. The van der Waals surface area contributed by atoms with Gasteiger partial charge >= 0.3 is 12.0 Å². The summed E-state index contributed by atoms with van der Waals surface area (Å²) in [5.74, 6) is -0.356. The summed E-state index contributed by atoms with van der Waals surface area (Å²) < 4.78 is 4.64. The number of nitrogens with zero attached hydrogens (tertiary/aromatic N) is 2. The van der Waals surface area contributed by atoms with E-state index in [9.17, 15) is 9.59 Å². The van der Waals surface area contributed by atoms with Crippen molar-refractivity contribution in [1.82, 2.24) is 15.1 Å². The summed E-state index contributed by atoms with van der Waals surface area (Å²) in [5.41, 5.74) is 1.36. The highest BCUT2D eigenvalue weighted by molar-refractivity contribution is 5.93. The molecule has 0 aromatic heterocycles. The Hall–Kier alpha value is -1.74. The zero-order chi connectivity index (χ0) is 19.1. The second-order valence-electron chi connectivity index (χ2n) is 6.91. The van der Waals surface area contributed by atoms with Gasteiger partial charge in [-0.05, 0) is 38.1 Å². The molecular formula is C19H31Cl2N5O3. The van der Waals surface area contributed by atoms with Gasteiger partial charge in [0.05, 0.1) is 18.5 Å². The molecule has 0 atom stereocenters. The Morgan fingerprint density at radius 1 is 1.07 bits per heavy atom. The quantitative estimate of drug-likeness (QED) is 0.598. The smallest absolute Gasteiger partial charge is 0.325 e. The van der Waals surface area contributed by atoms with E-state index in [1.165, 1.54) is 20.0 Å². The van der Waals surface area contributed by atoms with Crippen molar-refractivity contribution < 1.29 is 14.3 Å². The van der Waals surface area contributed by atoms with Crippen LogP contribution in [0.5, 0.6) is 0 Å². The van der Waals surface area contributed by atoms with Gasteiger partial charge in [0, 0.05) is 32.2 Å². The lowest BCUT2D eigenvalue weighted by Gasteiger charge is -2.40. The fourth-order valence-corrected chi connectivity index (χ4v) is 3.64. The first-order valence-electron chi connectivity index (χ1n) is 9.58. The summed E-state index contributed by atoms with van der Waals surface area (Å²) in [7, 11) is 1.35. The van der Waals surface area contributed by atoms with E-state index in [4.69, 9.17) is 0 Å². The van der Waals surface area contributed by atoms with Crippen LogP contribution in [-0.2, 0) is 9.53 Å². The van der Waals surface area contributed by atoms with Crippen LogP contribution in [0.4, 0.5) is 16.2 Å². The summed E-state index contributed by atoms with van der Waals surface area (Å²) in [6.45, 7) is 5.52. The number of hydrogen-bond donors (Lipinski definition) is 3. The van der Waals surface area contributed by atoms with Crippen LogP contribution >= 0.6 is 24.8 Å². The van der Waals surface area contributed by atoms with Crippen molar-refractivity contribution in [2.45, 2.75) is 18.9 Å². The Bertz CT molecular complexity index is 650. The first kappa shape index (κ1) is 25.3. The molecule has 0 aliphatic carbocycles. The molecule has 0 saturated carbocycles. The number of benzene rings is 1. The number of para-hydroxylation sites is 2. The van der Waals surface area contributed by atoms with Gasteiger partial charge in [-0.2, -0.15) is 0 Å². The monoisotopic (exact) mass is 447 g/mol. The molecule has 2 aliphatic heterocycles. The Kier molecular flexibility index (Phi) is 11.1. The van der Waals surface area contributed by atoms with Gasteiger partial charge in [0.2, 0.25) is 0 Å². The van der Waals surface area contributed by atoms with E-state index in [0.29, 0.717) is 17.4 Å². The van der Waals surface area contributed by atoms with E-state index in [0.717, 1.165) is 39.3 Å². The average Bonchev–Trinajstić information content (AvgIpc) is 2.73.